The number of hydrogen-bond donors (Lipinski definition) is 3. The third-order valence-electron chi connectivity index (χ3n) is 11.6. The Morgan fingerprint density at radius 1 is 0.351 bits per heavy atom. The maximum absolute atomic E-state index is 12.7. The van der Waals surface area contributed by atoms with Crippen molar-refractivity contribution < 1.29 is 53.4 Å². The largest absolute Gasteiger partial charge is 0.508 e. The van der Waals surface area contributed by atoms with Crippen molar-refractivity contribution in [2.75, 3.05) is 19.8 Å². The van der Waals surface area contributed by atoms with E-state index in [1.807, 2.05) is 60.7 Å². The van der Waals surface area contributed by atoms with E-state index in [1.54, 1.807) is 109 Å². The topological polar surface area (TPSA) is 158 Å². The van der Waals surface area contributed by atoms with Crippen LogP contribution in [-0.2, 0) is 0 Å². The summed E-state index contributed by atoms with van der Waals surface area (Å²) in [5.74, 6) is 1.57. The minimum Gasteiger partial charge on any atom is -0.508 e. The molecular formula is C63H70O11. The smallest absolute Gasteiger partial charge is 0.343 e. The fourth-order valence-corrected chi connectivity index (χ4v) is 7.37. The van der Waals surface area contributed by atoms with Crippen LogP contribution in [0.15, 0.2) is 170 Å². The van der Waals surface area contributed by atoms with Crippen LogP contribution < -0.4 is 23.7 Å². The molecule has 0 saturated heterocycles. The van der Waals surface area contributed by atoms with E-state index < -0.39 is 17.9 Å². The summed E-state index contributed by atoms with van der Waals surface area (Å²) in [6.45, 7) is 8.43. The molecule has 0 aliphatic carbocycles. The number of carbonyl (C=O) groups is 3. The summed E-state index contributed by atoms with van der Waals surface area (Å²) >= 11 is 0. The van der Waals surface area contributed by atoms with Gasteiger partial charge in [0.05, 0.1) is 36.5 Å². The van der Waals surface area contributed by atoms with E-state index in [4.69, 9.17) is 39.0 Å². The van der Waals surface area contributed by atoms with Crippen molar-refractivity contribution in [1.82, 2.24) is 0 Å². The summed E-state index contributed by atoms with van der Waals surface area (Å²) < 4.78 is 28.3. The monoisotopic (exact) mass is 1000 g/mol. The van der Waals surface area contributed by atoms with Crippen LogP contribution in [0.2, 0.25) is 0 Å². The molecule has 74 heavy (non-hydrogen) atoms. The minimum atomic E-state index is -0.920. The number of ether oxygens (including phenoxy) is 5. The molecule has 0 spiro atoms. The first-order valence-electron chi connectivity index (χ1n) is 25.7. The second-order valence-corrected chi connectivity index (χ2v) is 17.5. The van der Waals surface area contributed by atoms with E-state index in [0.717, 1.165) is 60.8 Å². The van der Waals surface area contributed by atoms with E-state index in [0.29, 0.717) is 59.7 Å². The lowest BCUT2D eigenvalue weighted by Crippen LogP contribution is -2.09. The molecule has 0 amide bonds. The van der Waals surface area contributed by atoms with Gasteiger partial charge in [0.25, 0.3) is 0 Å². The number of phenolic OH excluding ortho intramolecular Hbond substituents is 2. The maximum atomic E-state index is 12.7. The molecular weight excluding hydrogens is 933 g/mol. The Bertz CT molecular complexity index is 2580. The Morgan fingerprint density at radius 3 is 0.959 bits per heavy atom. The number of hydrogen-bond acceptors (Lipinski definition) is 10. The lowest BCUT2D eigenvalue weighted by atomic mass is 10.1. The zero-order valence-corrected chi connectivity index (χ0v) is 42.9. The molecule has 0 radical (unpaired) electrons. The molecule has 0 aromatic heterocycles. The number of carboxylic acids is 1. The van der Waals surface area contributed by atoms with Gasteiger partial charge in [-0.3, -0.25) is 0 Å². The van der Waals surface area contributed by atoms with Crippen LogP contribution in [-0.4, -0.2) is 53.0 Å². The zero-order chi connectivity index (χ0) is 52.8. The molecule has 0 fully saturated rings. The van der Waals surface area contributed by atoms with Crippen molar-refractivity contribution in [2.24, 2.45) is 0 Å². The van der Waals surface area contributed by atoms with Gasteiger partial charge in [-0.05, 0) is 145 Å². The Labute approximate surface area is 436 Å². The minimum absolute atomic E-state index is 0.257. The van der Waals surface area contributed by atoms with Crippen molar-refractivity contribution in [3.63, 3.8) is 0 Å². The second kappa shape index (κ2) is 32.1. The highest BCUT2D eigenvalue weighted by Crippen LogP contribution is 2.27. The third kappa shape index (κ3) is 20.6. The van der Waals surface area contributed by atoms with Gasteiger partial charge in [0.15, 0.2) is 0 Å². The standard InChI is InChI=1S/C38H42O6.C13H18O3.C12H10O2/c1-3-5-7-9-25-41-35-15-11-13-31(27-35)37(39)43-33-21-17-29(18-22-33)30-19-23-34(24-20-30)44-38(40)32-14-12-16-36(28-32)42-26-10-8-6-4-2;1-2-3-4-5-9-16-12-8-6-7-11(10-12)13(14)15;13-11-5-1-9(2-6-11)10-3-7-12(14)8-4-10/h11-24,27-28H,3-10,25-26H2,1-2H3;6-8,10H,2-5,9H2,1H3,(H,14,15);1-8,13-14H. The lowest BCUT2D eigenvalue weighted by molar-refractivity contribution is 0.0692. The number of rotatable bonds is 25. The number of carboxylic acid groups (broad SMARTS) is 1. The van der Waals surface area contributed by atoms with Crippen molar-refractivity contribution >= 4 is 17.9 Å². The SMILES string of the molecule is CCCCCCOc1cccc(C(=O)O)c1.CCCCCCOc1cccc(C(=O)Oc2ccc(-c3ccc(OC(=O)c4cccc(OCCCCCC)c4)cc3)cc2)c1.Oc1ccc(-c2ccc(O)cc2)cc1. The highest BCUT2D eigenvalue weighted by Gasteiger charge is 2.13. The Morgan fingerprint density at radius 2 is 0.649 bits per heavy atom. The molecule has 0 heterocycles. The van der Waals surface area contributed by atoms with Gasteiger partial charge in [0.1, 0.15) is 40.2 Å². The fourth-order valence-electron chi connectivity index (χ4n) is 7.37. The van der Waals surface area contributed by atoms with Crippen LogP contribution in [0, 0.1) is 0 Å². The number of aromatic carboxylic acids is 1. The van der Waals surface area contributed by atoms with Crippen molar-refractivity contribution in [2.45, 2.75) is 97.8 Å². The molecule has 3 N–H and O–H groups in total. The quantitative estimate of drug-likeness (QED) is 0.0284. The lowest BCUT2D eigenvalue weighted by Gasteiger charge is -2.10. The summed E-state index contributed by atoms with van der Waals surface area (Å²) in [7, 11) is 0. The normalized spacial score (nSPS) is 10.4. The number of esters is 2. The van der Waals surface area contributed by atoms with Gasteiger partial charge in [-0.2, -0.15) is 0 Å². The van der Waals surface area contributed by atoms with Crippen molar-refractivity contribution in [1.29, 1.82) is 0 Å². The van der Waals surface area contributed by atoms with Crippen LogP contribution in [0.25, 0.3) is 22.3 Å². The molecule has 7 rings (SSSR count). The Hall–Kier alpha value is -8.05. The van der Waals surface area contributed by atoms with Gasteiger partial charge in [-0.15, -0.1) is 0 Å². The maximum Gasteiger partial charge on any atom is 0.343 e. The second-order valence-electron chi connectivity index (χ2n) is 17.5. The average Bonchev–Trinajstić information content (AvgIpc) is 3.42. The molecule has 7 aromatic carbocycles. The number of phenols is 2. The van der Waals surface area contributed by atoms with Crippen LogP contribution in [0.5, 0.6) is 40.2 Å². The summed E-state index contributed by atoms with van der Waals surface area (Å²) in [6, 6.07) is 49.2. The van der Waals surface area contributed by atoms with Crippen LogP contribution in [0.3, 0.4) is 0 Å². The molecule has 0 aliphatic rings. The fraction of sp³-hybridized carbons (Fsp3) is 0.286. The van der Waals surface area contributed by atoms with E-state index in [1.165, 1.54) is 38.5 Å². The summed E-state index contributed by atoms with van der Waals surface area (Å²) in [6.07, 6.45) is 13.6. The first kappa shape index (κ1) is 56.9. The van der Waals surface area contributed by atoms with E-state index in [9.17, 15) is 14.4 Å². The molecule has 388 valence electrons. The molecule has 7 aromatic rings. The Balaban J connectivity index is 0.000000272. The molecule has 0 saturated carbocycles. The first-order valence-corrected chi connectivity index (χ1v) is 25.7. The number of aromatic hydroxyl groups is 2. The van der Waals surface area contributed by atoms with Gasteiger partial charge < -0.3 is 39.0 Å². The molecule has 11 heteroatoms. The molecule has 0 bridgehead atoms. The van der Waals surface area contributed by atoms with E-state index in [2.05, 4.69) is 20.8 Å². The predicted molar refractivity (Wildman–Crippen MR) is 292 cm³/mol. The van der Waals surface area contributed by atoms with Crippen LogP contribution in [0.1, 0.15) is 129 Å². The van der Waals surface area contributed by atoms with Gasteiger partial charge in [0.2, 0.25) is 0 Å². The highest BCUT2D eigenvalue weighted by atomic mass is 16.5. The summed E-state index contributed by atoms with van der Waals surface area (Å²) in [5.41, 5.74) is 5.05. The third-order valence-corrected chi connectivity index (χ3v) is 11.6. The molecule has 0 unspecified atom stereocenters. The van der Waals surface area contributed by atoms with Crippen molar-refractivity contribution in [3.8, 4) is 62.5 Å². The van der Waals surface area contributed by atoms with Crippen LogP contribution >= 0.6 is 0 Å². The van der Waals surface area contributed by atoms with Gasteiger partial charge in [-0.1, -0.05) is 145 Å². The van der Waals surface area contributed by atoms with Gasteiger partial charge in [-0.25, -0.2) is 14.4 Å². The number of carbonyl (C=O) groups excluding carboxylic acids is 2. The first-order chi connectivity index (χ1) is 36.0. The summed E-state index contributed by atoms with van der Waals surface area (Å²) in [5, 5.41) is 27.0. The van der Waals surface area contributed by atoms with Gasteiger partial charge >= 0.3 is 17.9 Å². The summed E-state index contributed by atoms with van der Waals surface area (Å²) in [4.78, 5) is 36.2. The molecule has 0 aliphatic heterocycles. The Kier molecular flexibility index (Phi) is 24.7. The van der Waals surface area contributed by atoms with Crippen LogP contribution in [0.4, 0.5) is 0 Å². The highest BCUT2D eigenvalue weighted by molar-refractivity contribution is 5.92. The number of benzene rings is 7. The molecule has 11 nitrogen and oxygen atoms in total. The van der Waals surface area contributed by atoms with E-state index in [-0.39, 0.29) is 17.1 Å². The number of unbranched alkanes of at least 4 members (excludes halogenated alkanes) is 9. The van der Waals surface area contributed by atoms with Crippen molar-refractivity contribution in [3.05, 3.63) is 187 Å². The van der Waals surface area contributed by atoms with E-state index >= 15 is 0 Å². The average molecular weight is 1000 g/mol. The molecule has 0 atom stereocenters. The predicted octanol–water partition coefficient (Wildman–Crippen LogP) is 15.8. The zero-order valence-electron chi connectivity index (χ0n) is 42.9. The van der Waals surface area contributed by atoms with Gasteiger partial charge in [0, 0.05) is 0 Å².